The highest BCUT2D eigenvalue weighted by Crippen LogP contribution is 2.42. The summed E-state index contributed by atoms with van der Waals surface area (Å²) in [5, 5.41) is 0. The predicted octanol–water partition coefficient (Wildman–Crippen LogP) is 5.43. The predicted molar refractivity (Wildman–Crippen MR) is 159 cm³/mol. The van der Waals surface area contributed by atoms with Gasteiger partial charge >= 0.3 is 0 Å². The number of rotatable bonds is 10. The standard InChI is InChI=1S/C33H49N7/c1-27(2)40-21-17-36-32(40)25-38(24-31-34-15-16-35-31)23-29-10-8-28(9-11-29)22-37-18-12-33(26-37)13-19-39(20-14-33)30-6-4-3-5-7-30/h8-11,15-17,21,27,30H,3-7,12-14,18-20,22-26H2,1-2H3,(H,34,35)/p+1. The van der Waals surface area contributed by atoms with E-state index in [1.54, 1.807) is 0 Å². The van der Waals surface area contributed by atoms with Crippen LogP contribution in [0, 0.1) is 5.41 Å². The molecule has 0 atom stereocenters. The molecule has 1 aromatic carbocycles. The van der Waals surface area contributed by atoms with E-state index in [0.29, 0.717) is 11.5 Å². The van der Waals surface area contributed by atoms with Gasteiger partial charge in [0.25, 0.3) is 5.82 Å². The second kappa shape index (κ2) is 12.6. The largest absolute Gasteiger partial charge is 0.348 e. The third-order valence-corrected chi connectivity index (χ3v) is 9.96. The van der Waals surface area contributed by atoms with Gasteiger partial charge in [0, 0.05) is 38.1 Å². The van der Waals surface area contributed by atoms with Crippen molar-refractivity contribution >= 4 is 0 Å². The maximum absolute atomic E-state index is 4.50. The molecule has 2 aromatic heterocycles. The van der Waals surface area contributed by atoms with Gasteiger partial charge in [0.2, 0.25) is 0 Å². The van der Waals surface area contributed by atoms with Crippen molar-refractivity contribution in [1.29, 1.82) is 0 Å². The first-order valence-corrected chi connectivity index (χ1v) is 15.9. The van der Waals surface area contributed by atoms with Crippen LogP contribution < -0.4 is 4.57 Å². The summed E-state index contributed by atoms with van der Waals surface area (Å²) in [6, 6.07) is 10.7. The molecule has 1 spiro atoms. The van der Waals surface area contributed by atoms with Gasteiger partial charge < -0.3 is 9.88 Å². The van der Waals surface area contributed by atoms with E-state index >= 15 is 0 Å². The summed E-state index contributed by atoms with van der Waals surface area (Å²) >= 11 is 0. The SMILES string of the molecule is CC(C)[n+]1cc[nH]c1CN(Cc1ccc(CN2CCC3(CCN(C4CCCCC4)CC3)C2)cc1)Cc1ncc[nH]1. The number of imidazole rings is 2. The zero-order valence-corrected chi connectivity index (χ0v) is 24.8. The van der Waals surface area contributed by atoms with Gasteiger partial charge in [0.1, 0.15) is 24.8 Å². The average molecular weight is 545 g/mol. The molecule has 1 saturated carbocycles. The fraction of sp³-hybridized carbons (Fsp3) is 0.636. The van der Waals surface area contributed by atoms with Crippen LogP contribution in [0.4, 0.5) is 0 Å². The average Bonchev–Trinajstić information content (AvgIpc) is 3.73. The summed E-state index contributed by atoms with van der Waals surface area (Å²) in [7, 11) is 0. The van der Waals surface area contributed by atoms with Crippen molar-refractivity contribution in [2.75, 3.05) is 26.2 Å². The Bertz CT molecular complexity index is 1170. The second-order valence-electron chi connectivity index (χ2n) is 13.2. The number of likely N-dealkylation sites (tertiary alicyclic amines) is 2. The molecule has 216 valence electrons. The molecule has 0 radical (unpaired) electrons. The highest BCUT2D eigenvalue weighted by molar-refractivity contribution is 5.23. The Morgan fingerprint density at radius 1 is 0.925 bits per heavy atom. The Balaban J connectivity index is 1.03. The van der Waals surface area contributed by atoms with E-state index in [4.69, 9.17) is 0 Å². The molecule has 3 aliphatic rings. The van der Waals surface area contributed by atoms with Crippen molar-refractivity contribution in [1.82, 2.24) is 29.7 Å². The van der Waals surface area contributed by atoms with Crippen LogP contribution in [0.1, 0.15) is 94.0 Å². The minimum atomic E-state index is 0.431. The second-order valence-corrected chi connectivity index (χ2v) is 13.2. The van der Waals surface area contributed by atoms with Crippen LogP contribution >= 0.6 is 0 Å². The highest BCUT2D eigenvalue weighted by Gasteiger charge is 2.41. The summed E-state index contributed by atoms with van der Waals surface area (Å²) in [6.07, 6.45) is 19.4. The van der Waals surface area contributed by atoms with E-state index in [1.807, 2.05) is 18.6 Å². The van der Waals surface area contributed by atoms with Gasteiger partial charge in [-0.3, -0.25) is 9.80 Å². The first kappa shape index (κ1) is 27.7. The molecule has 2 saturated heterocycles. The molecular formula is C33H50N7+. The molecule has 3 fully saturated rings. The number of H-pyrrole nitrogens is 2. The van der Waals surface area contributed by atoms with Crippen molar-refractivity contribution in [3.05, 3.63) is 71.8 Å². The third-order valence-electron chi connectivity index (χ3n) is 9.96. The molecule has 1 aliphatic carbocycles. The maximum Gasteiger partial charge on any atom is 0.268 e. The minimum Gasteiger partial charge on any atom is -0.348 e. The van der Waals surface area contributed by atoms with Gasteiger partial charge in [-0.05, 0) is 82.1 Å². The molecule has 7 nitrogen and oxygen atoms in total. The van der Waals surface area contributed by atoms with Crippen molar-refractivity contribution < 1.29 is 4.57 Å². The number of aromatic nitrogens is 4. The van der Waals surface area contributed by atoms with Crippen LogP contribution in [0.3, 0.4) is 0 Å². The molecule has 0 amide bonds. The molecule has 2 aliphatic heterocycles. The molecule has 4 heterocycles. The van der Waals surface area contributed by atoms with Crippen molar-refractivity contribution in [2.24, 2.45) is 5.41 Å². The summed E-state index contributed by atoms with van der Waals surface area (Å²) in [5.41, 5.74) is 3.37. The number of benzene rings is 1. The summed E-state index contributed by atoms with van der Waals surface area (Å²) < 4.78 is 2.32. The summed E-state index contributed by atoms with van der Waals surface area (Å²) in [4.78, 5) is 19.3. The van der Waals surface area contributed by atoms with Crippen LogP contribution in [0.5, 0.6) is 0 Å². The van der Waals surface area contributed by atoms with Gasteiger partial charge in [0.05, 0.1) is 12.6 Å². The topological polar surface area (TPSA) is 58.1 Å². The lowest BCUT2D eigenvalue weighted by Gasteiger charge is -2.43. The zero-order valence-electron chi connectivity index (χ0n) is 24.8. The van der Waals surface area contributed by atoms with Crippen molar-refractivity contribution in [2.45, 2.75) is 103 Å². The van der Waals surface area contributed by atoms with E-state index in [1.165, 1.54) is 94.5 Å². The van der Waals surface area contributed by atoms with E-state index in [9.17, 15) is 0 Å². The third kappa shape index (κ3) is 6.69. The smallest absolute Gasteiger partial charge is 0.268 e. The lowest BCUT2D eigenvalue weighted by atomic mass is 9.77. The molecule has 2 N–H and O–H groups in total. The first-order valence-electron chi connectivity index (χ1n) is 15.9. The number of aromatic amines is 2. The molecule has 0 bridgehead atoms. The fourth-order valence-electron chi connectivity index (χ4n) is 7.61. The quantitative estimate of drug-likeness (QED) is 0.334. The van der Waals surface area contributed by atoms with Crippen LogP contribution in [0.15, 0.2) is 49.1 Å². The van der Waals surface area contributed by atoms with Crippen LogP contribution in [-0.2, 0) is 26.2 Å². The molecule has 40 heavy (non-hydrogen) atoms. The molecule has 3 aromatic rings. The lowest BCUT2D eigenvalue weighted by Crippen LogP contribution is -2.46. The van der Waals surface area contributed by atoms with Crippen LogP contribution in [0.2, 0.25) is 0 Å². The zero-order chi connectivity index (χ0) is 27.4. The van der Waals surface area contributed by atoms with Gasteiger partial charge in [-0.1, -0.05) is 43.5 Å². The van der Waals surface area contributed by atoms with E-state index in [-0.39, 0.29) is 0 Å². The van der Waals surface area contributed by atoms with Gasteiger partial charge in [-0.15, -0.1) is 0 Å². The Hall–Kier alpha value is -2.48. The molecule has 6 rings (SSSR count). The Kier molecular flexibility index (Phi) is 8.70. The number of nitrogens with one attached hydrogen (secondary N) is 2. The molecule has 0 unspecified atom stereocenters. The fourth-order valence-corrected chi connectivity index (χ4v) is 7.61. The number of hydrogen-bond donors (Lipinski definition) is 2. The Morgan fingerprint density at radius 2 is 1.68 bits per heavy atom. The number of piperidine rings is 1. The Morgan fingerprint density at radius 3 is 2.40 bits per heavy atom. The van der Waals surface area contributed by atoms with Gasteiger partial charge in [0.15, 0.2) is 0 Å². The van der Waals surface area contributed by atoms with Gasteiger partial charge in [-0.2, -0.15) is 0 Å². The summed E-state index contributed by atoms with van der Waals surface area (Å²) in [6.45, 7) is 13.3. The highest BCUT2D eigenvalue weighted by atomic mass is 15.2. The van der Waals surface area contributed by atoms with Crippen molar-refractivity contribution in [3.8, 4) is 0 Å². The minimum absolute atomic E-state index is 0.431. The monoisotopic (exact) mass is 544 g/mol. The van der Waals surface area contributed by atoms with Crippen LogP contribution in [-0.4, -0.2) is 61.9 Å². The first-order chi connectivity index (χ1) is 19.6. The molecule has 7 heteroatoms. The number of hydrogen-bond acceptors (Lipinski definition) is 4. The Labute approximate surface area is 241 Å². The van der Waals surface area contributed by atoms with E-state index in [0.717, 1.165) is 38.0 Å². The van der Waals surface area contributed by atoms with E-state index < -0.39 is 0 Å². The lowest BCUT2D eigenvalue weighted by molar-refractivity contribution is -0.722. The van der Waals surface area contributed by atoms with Crippen LogP contribution in [0.25, 0.3) is 0 Å². The maximum atomic E-state index is 4.50. The summed E-state index contributed by atoms with van der Waals surface area (Å²) in [5.74, 6) is 2.23. The van der Waals surface area contributed by atoms with Gasteiger partial charge in [-0.25, -0.2) is 14.5 Å². The number of nitrogens with zero attached hydrogens (tertiary/aromatic N) is 5. The van der Waals surface area contributed by atoms with E-state index in [2.05, 4.69) is 78.5 Å². The molecular weight excluding hydrogens is 494 g/mol. The van der Waals surface area contributed by atoms with Crippen molar-refractivity contribution in [3.63, 3.8) is 0 Å². The normalized spacial score (nSPS) is 20.8.